The van der Waals surface area contributed by atoms with Crippen LogP contribution in [0.4, 0.5) is 32.0 Å². The summed E-state index contributed by atoms with van der Waals surface area (Å²) in [6, 6.07) is 6.18. The number of nitrogens with zero attached hydrogens (tertiary/aromatic N) is 2. The van der Waals surface area contributed by atoms with Gasteiger partial charge in [-0.05, 0) is 30.7 Å². The second-order valence-electron chi connectivity index (χ2n) is 6.97. The lowest BCUT2D eigenvalue weighted by atomic mass is 10.1. The second kappa shape index (κ2) is 8.87. The van der Waals surface area contributed by atoms with E-state index in [4.69, 9.17) is 0 Å². The fraction of sp³-hybridized carbons (Fsp3) is 0.400. The van der Waals surface area contributed by atoms with Crippen molar-refractivity contribution in [3.05, 3.63) is 58.9 Å². The molecule has 1 aliphatic heterocycles. The van der Waals surface area contributed by atoms with Crippen LogP contribution < -0.4 is 4.90 Å². The first-order valence-corrected chi connectivity index (χ1v) is 10.0. The molecule has 29 heavy (non-hydrogen) atoms. The number of alkyl halides is 3. The summed E-state index contributed by atoms with van der Waals surface area (Å²) in [7, 11) is 0. The highest BCUT2D eigenvalue weighted by Gasteiger charge is 2.28. The van der Waals surface area contributed by atoms with Gasteiger partial charge in [0.05, 0.1) is 11.4 Å². The van der Waals surface area contributed by atoms with Crippen LogP contribution in [0.5, 0.6) is 0 Å². The summed E-state index contributed by atoms with van der Waals surface area (Å²) in [6.45, 7) is 3.84. The fourth-order valence-electron chi connectivity index (χ4n) is 3.24. The Morgan fingerprint density at radius 2 is 1.62 bits per heavy atom. The summed E-state index contributed by atoms with van der Waals surface area (Å²) >= 11 is 0.645. The summed E-state index contributed by atoms with van der Waals surface area (Å²) in [6.07, 6.45) is -4.30. The topological polar surface area (TPSA) is 6.48 Å². The molecule has 0 amide bonds. The van der Waals surface area contributed by atoms with Gasteiger partial charge in [0.2, 0.25) is 0 Å². The highest BCUT2D eigenvalue weighted by Crippen LogP contribution is 2.34. The molecule has 0 saturated carbocycles. The number of halogens is 6. The van der Waals surface area contributed by atoms with Crippen molar-refractivity contribution < 1.29 is 26.3 Å². The van der Waals surface area contributed by atoms with E-state index in [2.05, 4.69) is 0 Å². The van der Waals surface area contributed by atoms with E-state index < -0.39 is 29.4 Å². The number of anilines is 1. The van der Waals surface area contributed by atoms with E-state index >= 15 is 0 Å². The third kappa shape index (κ3) is 5.82. The zero-order valence-corrected chi connectivity index (χ0v) is 16.5. The van der Waals surface area contributed by atoms with Crippen molar-refractivity contribution in [1.82, 2.24) is 4.90 Å². The predicted octanol–water partition coefficient (Wildman–Crippen LogP) is 5.39. The van der Waals surface area contributed by atoms with Gasteiger partial charge in [0, 0.05) is 49.2 Å². The maximum atomic E-state index is 14.5. The van der Waals surface area contributed by atoms with E-state index in [0.717, 1.165) is 6.07 Å². The molecule has 158 valence electrons. The molecule has 1 fully saturated rings. The number of piperazine rings is 1. The standard InChI is InChI=1S/C20H20F6N2S/c1-13-8-17(23)18(10-19(13)29-12-20(24,25)26)28-6-4-27(5-7-28)11-14-2-3-15(21)9-16(14)22/h2-3,8-10H,4-7,11-12H2,1H3. The van der Waals surface area contributed by atoms with Crippen molar-refractivity contribution in [3.63, 3.8) is 0 Å². The Morgan fingerprint density at radius 1 is 0.931 bits per heavy atom. The second-order valence-corrected chi connectivity index (χ2v) is 7.99. The van der Waals surface area contributed by atoms with Crippen LogP contribution in [0, 0.1) is 24.4 Å². The minimum Gasteiger partial charge on any atom is -0.367 e. The van der Waals surface area contributed by atoms with Crippen molar-refractivity contribution in [2.75, 3.05) is 36.8 Å². The molecule has 2 aromatic carbocycles. The van der Waals surface area contributed by atoms with Gasteiger partial charge in [-0.2, -0.15) is 13.2 Å². The van der Waals surface area contributed by atoms with Crippen LogP contribution in [0.25, 0.3) is 0 Å². The first kappa shape index (κ1) is 21.8. The van der Waals surface area contributed by atoms with Crippen LogP contribution in [-0.4, -0.2) is 43.0 Å². The third-order valence-corrected chi connectivity index (χ3v) is 5.98. The lowest BCUT2D eigenvalue weighted by Gasteiger charge is -2.36. The average Bonchev–Trinajstić information content (AvgIpc) is 2.63. The fourth-order valence-corrected chi connectivity index (χ4v) is 4.04. The van der Waals surface area contributed by atoms with Gasteiger partial charge in [-0.15, -0.1) is 11.8 Å². The molecule has 0 N–H and O–H groups in total. The summed E-state index contributed by atoms with van der Waals surface area (Å²) in [4.78, 5) is 4.15. The quantitative estimate of drug-likeness (QED) is 0.460. The van der Waals surface area contributed by atoms with Gasteiger partial charge in [-0.25, -0.2) is 13.2 Å². The van der Waals surface area contributed by atoms with E-state index in [0.29, 0.717) is 60.5 Å². The minimum atomic E-state index is -4.30. The molecule has 3 rings (SSSR count). The number of thioether (sulfide) groups is 1. The molecule has 2 nitrogen and oxygen atoms in total. The van der Waals surface area contributed by atoms with E-state index in [-0.39, 0.29) is 5.69 Å². The van der Waals surface area contributed by atoms with Gasteiger partial charge >= 0.3 is 6.18 Å². The number of aryl methyl sites for hydroxylation is 1. The lowest BCUT2D eigenvalue weighted by molar-refractivity contribution is -0.105. The normalized spacial score (nSPS) is 15.8. The summed E-state index contributed by atoms with van der Waals surface area (Å²) in [5, 5.41) is 0. The largest absolute Gasteiger partial charge is 0.398 e. The monoisotopic (exact) mass is 434 g/mol. The van der Waals surface area contributed by atoms with Crippen molar-refractivity contribution in [1.29, 1.82) is 0 Å². The van der Waals surface area contributed by atoms with Gasteiger partial charge in [0.1, 0.15) is 17.5 Å². The molecule has 1 heterocycles. The molecule has 0 atom stereocenters. The Morgan fingerprint density at radius 3 is 2.24 bits per heavy atom. The maximum Gasteiger partial charge on any atom is 0.398 e. The van der Waals surface area contributed by atoms with Crippen LogP contribution in [0.1, 0.15) is 11.1 Å². The molecule has 9 heteroatoms. The van der Waals surface area contributed by atoms with Crippen LogP contribution in [0.15, 0.2) is 35.2 Å². The molecule has 0 unspecified atom stereocenters. The van der Waals surface area contributed by atoms with Crippen molar-refractivity contribution in [2.24, 2.45) is 0 Å². The highest BCUT2D eigenvalue weighted by atomic mass is 32.2. The lowest BCUT2D eigenvalue weighted by Crippen LogP contribution is -2.46. The smallest absolute Gasteiger partial charge is 0.367 e. The molecular formula is C20H20F6N2S. The van der Waals surface area contributed by atoms with Gasteiger partial charge in [0.25, 0.3) is 0 Å². The SMILES string of the molecule is Cc1cc(F)c(N2CCN(Cc3ccc(F)cc3F)CC2)cc1SCC(F)(F)F. The molecule has 0 aliphatic carbocycles. The van der Waals surface area contributed by atoms with Crippen molar-refractivity contribution >= 4 is 17.4 Å². The molecule has 1 saturated heterocycles. The van der Waals surface area contributed by atoms with Gasteiger partial charge in [-0.1, -0.05) is 6.07 Å². The molecule has 0 radical (unpaired) electrons. The molecule has 0 bridgehead atoms. The first-order valence-electron chi connectivity index (χ1n) is 9.03. The Bertz CT molecular complexity index is 863. The van der Waals surface area contributed by atoms with Crippen LogP contribution in [-0.2, 0) is 6.54 Å². The first-order chi connectivity index (χ1) is 13.6. The summed E-state index contributed by atoms with van der Waals surface area (Å²) in [5.41, 5.74) is 1.12. The Balaban J connectivity index is 1.65. The Kier molecular flexibility index (Phi) is 6.68. The Labute approximate surface area is 169 Å². The van der Waals surface area contributed by atoms with Crippen molar-refractivity contribution in [3.8, 4) is 0 Å². The zero-order valence-electron chi connectivity index (χ0n) is 15.7. The van der Waals surface area contributed by atoms with Crippen LogP contribution in [0.2, 0.25) is 0 Å². The van der Waals surface area contributed by atoms with Crippen LogP contribution in [0.3, 0.4) is 0 Å². The number of benzene rings is 2. The number of rotatable bonds is 5. The van der Waals surface area contributed by atoms with E-state index in [1.54, 1.807) is 11.8 Å². The molecule has 0 spiro atoms. The van der Waals surface area contributed by atoms with E-state index in [1.807, 2.05) is 4.90 Å². The molecule has 0 aromatic heterocycles. The maximum absolute atomic E-state index is 14.5. The minimum absolute atomic E-state index is 0.271. The predicted molar refractivity (Wildman–Crippen MR) is 102 cm³/mol. The van der Waals surface area contributed by atoms with Gasteiger partial charge in [0.15, 0.2) is 0 Å². The van der Waals surface area contributed by atoms with Gasteiger partial charge < -0.3 is 4.90 Å². The highest BCUT2D eigenvalue weighted by molar-refractivity contribution is 7.99. The van der Waals surface area contributed by atoms with Crippen molar-refractivity contribution in [2.45, 2.75) is 24.5 Å². The molecular weight excluding hydrogens is 414 g/mol. The van der Waals surface area contributed by atoms with E-state index in [9.17, 15) is 26.3 Å². The number of hydrogen-bond donors (Lipinski definition) is 0. The van der Waals surface area contributed by atoms with Gasteiger partial charge in [-0.3, -0.25) is 4.90 Å². The average molecular weight is 434 g/mol. The third-order valence-electron chi connectivity index (χ3n) is 4.76. The Hall–Kier alpha value is -1.87. The van der Waals surface area contributed by atoms with Crippen LogP contribution >= 0.6 is 11.8 Å². The molecule has 1 aliphatic rings. The summed E-state index contributed by atoms with van der Waals surface area (Å²) in [5.74, 6) is -2.75. The molecule has 2 aromatic rings. The van der Waals surface area contributed by atoms with E-state index in [1.165, 1.54) is 24.3 Å². The zero-order chi connectivity index (χ0) is 21.2. The summed E-state index contributed by atoms with van der Waals surface area (Å²) < 4.78 is 78.9. The number of hydrogen-bond acceptors (Lipinski definition) is 3.